The van der Waals surface area contributed by atoms with E-state index in [1.807, 2.05) is 12.4 Å². The Morgan fingerprint density at radius 3 is 2.86 bits per heavy atom. The third-order valence-electron chi connectivity index (χ3n) is 4.50. The molecule has 0 amide bonds. The smallest absolute Gasteiger partial charge is 0.0410 e. The van der Waals surface area contributed by atoms with Gasteiger partial charge in [0.1, 0.15) is 0 Å². The summed E-state index contributed by atoms with van der Waals surface area (Å²) >= 11 is 3.53. The second kappa shape index (κ2) is 7.21. The molecule has 118 valence electrons. The fraction of sp³-hybridized carbons (Fsp3) is 0.706. The van der Waals surface area contributed by atoms with E-state index in [9.17, 15) is 0 Å². The summed E-state index contributed by atoms with van der Waals surface area (Å²) in [5.41, 5.74) is 1.52. The molecule has 1 aromatic rings. The van der Waals surface area contributed by atoms with Crippen LogP contribution in [0.5, 0.6) is 0 Å². The van der Waals surface area contributed by atoms with Gasteiger partial charge in [0.05, 0.1) is 0 Å². The zero-order valence-corrected chi connectivity index (χ0v) is 15.3. The molecule has 1 fully saturated rings. The van der Waals surface area contributed by atoms with Crippen molar-refractivity contribution in [3.8, 4) is 0 Å². The average molecular weight is 354 g/mol. The van der Waals surface area contributed by atoms with Gasteiger partial charge in [0, 0.05) is 48.1 Å². The molecule has 0 saturated carbocycles. The van der Waals surface area contributed by atoms with E-state index in [4.69, 9.17) is 0 Å². The van der Waals surface area contributed by atoms with Gasteiger partial charge in [-0.1, -0.05) is 20.8 Å². The normalized spacial score (nSPS) is 27.2. The highest BCUT2D eigenvalue weighted by Crippen LogP contribution is 2.24. The number of pyridine rings is 1. The van der Waals surface area contributed by atoms with Crippen LogP contribution in [0.4, 0.5) is 0 Å². The number of nitrogens with one attached hydrogen (secondary N) is 1. The predicted octanol–water partition coefficient (Wildman–Crippen LogP) is 3.83. The fourth-order valence-corrected chi connectivity index (χ4v) is 3.51. The van der Waals surface area contributed by atoms with Gasteiger partial charge in [0.25, 0.3) is 0 Å². The van der Waals surface area contributed by atoms with Crippen LogP contribution >= 0.6 is 15.9 Å². The standard InChI is InChI=1S/C17H28BrN3/c1-5-17(4)12-21(16(10-20-17)6-13(2)3)11-14-7-15(18)9-19-8-14/h7-9,13,16,20H,5-6,10-12H2,1-4H3. The summed E-state index contributed by atoms with van der Waals surface area (Å²) in [5.74, 6) is 0.728. The minimum atomic E-state index is 0.229. The van der Waals surface area contributed by atoms with Crippen LogP contribution in [0.3, 0.4) is 0 Å². The van der Waals surface area contributed by atoms with E-state index in [2.05, 4.69) is 64.9 Å². The van der Waals surface area contributed by atoms with Gasteiger partial charge in [-0.2, -0.15) is 0 Å². The van der Waals surface area contributed by atoms with E-state index in [-0.39, 0.29) is 5.54 Å². The lowest BCUT2D eigenvalue weighted by Gasteiger charge is -2.46. The first-order valence-electron chi connectivity index (χ1n) is 8.00. The Hall–Kier alpha value is -0.450. The Morgan fingerprint density at radius 2 is 2.24 bits per heavy atom. The van der Waals surface area contributed by atoms with Crippen LogP contribution in [-0.2, 0) is 6.54 Å². The lowest BCUT2D eigenvalue weighted by atomic mass is 9.90. The van der Waals surface area contributed by atoms with Crippen molar-refractivity contribution in [3.05, 3.63) is 28.5 Å². The van der Waals surface area contributed by atoms with Crippen molar-refractivity contribution in [1.29, 1.82) is 0 Å². The Morgan fingerprint density at radius 1 is 1.48 bits per heavy atom. The van der Waals surface area contributed by atoms with Gasteiger partial charge in [-0.3, -0.25) is 9.88 Å². The molecule has 1 saturated heterocycles. The van der Waals surface area contributed by atoms with E-state index >= 15 is 0 Å². The molecule has 1 N–H and O–H groups in total. The number of halogens is 1. The van der Waals surface area contributed by atoms with Crippen LogP contribution in [0.25, 0.3) is 0 Å². The second-order valence-electron chi connectivity index (χ2n) is 6.99. The van der Waals surface area contributed by atoms with E-state index in [0.717, 1.165) is 36.4 Å². The molecule has 3 nitrogen and oxygen atoms in total. The minimum absolute atomic E-state index is 0.229. The second-order valence-corrected chi connectivity index (χ2v) is 7.91. The van der Waals surface area contributed by atoms with E-state index in [0.29, 0.717) is 6.04 Å². The van der Waals surface area contributed by atoms with Crippen LogP contribution in [0.15, 0.2) is 22.9 Å². The first-order chi connectivity index (χ1) is 9.92. The largest absolute Gasteiger partial charge is 0.309 e. The van der Waals surface area contributed by atoms with Crippen molar-refractivity contribution in [2.24, 2.45) is 5.92 Å². The van der Waals surface area contributed by atoms with E-state index in [1.165, 1.54) is 12.0 Å². The number of rotatable bonds is 5. The lowest BCUT2D eigenvalue weighted by molar-refractivity contribution is 0.0663. The van der Waals surface area contributed by atoms with Crippen molar-refractivity contribution < 1.29 is 0 Å². The molecule has 2 atom stereocenters. The Kier molecular flexibility index (Phi) is 5.81. The van der Waals surface area contributed by atoms with Crippen LogP contribution in [0.1, 0.15) is 46.1 Å². The average Bonchev–Trinajstić information content (AvgIpc) is 2.42. The maximum atomic E-state index is 4.30. The molecule has 2 unspecified atom stereocenters. The van der Waals surface area contributed by atoms with Crippen LogP contribution < -0.4 is 5.32 Å². The Labute approximate surface area is 137 Å². The molecule has 2 heterocycles. The van der Waals surface area contributed by atoms with Gasteiger partial charge < -0.3 is 5.32 Å². The summed E-state index contributed by atoms with van der Waals surface area (Å²) in [7, 11) is 0. The number of nitrogens with zero attached hydrogens (tertiary/aromatic N) is 2. The number of hydrogen-bond acceptors (Lipinski definition) is 3. The quantitative estimate of drug-likeness (QED) is 0.871. The van der Waals surface area contributed by atoms with Gasteiger partial charge in [-0.15, -0.1) is 0 Å². The van der Waals surface area contributed by atoms with E-state index < -0.39 is 0 Å². The van der Waals surface area contributed by atoms with Crippen molar-refractivity contribution in [2.75, 3.05) is 13.1 Å². The summed E-state index contributed by atoms with van der Waals surface area (Å²) in [6.45, 7) is 12.4. The number of aromatic nitrogens is 1. The first-order valence-corrected chi connectivity index (χ1v) is 8.79. The molecule has 1 aliphatic rings. The molecule has 21 heavy (non-hydrogen) atoms. The molecule has 1 aromatic heterocycles. The van der Waals surface area contributed by atoms with Crippen molar-refractivity contribution in [2.45, 2.75) is 58.7 Å². The van der Waals surface area contributed by atoms with Gasteiger partial charge in [-0.25, -0.2) is 0 Å². The highest BCUT2D eigenvalue weighted by molar-refractivity contribution is 9.10. The van der Waals surface area contributed by atoms with Gasteiger partial charge in [0.2, 0.25) is 0 Å². The van der Waals surface area contributed by atoms with Gasteiger partial charge in [-0.05, 0) is 53.2 Å². The van der Waals surface area contributed by atoms with Crippen molar-refractivity contribution in [1.82, 2.24) is 15.2 Å². The third kappa shape index (κ3) is 4.76. The van der Waals surface area contributed by atoms with Gasteiger partial charge >= 0.3 is 0 Å². The van der Waals surface area contributed by atoms with E-state index in [1.54, 1.807) is 0 Å². The van der Waals surface area contributed by atoms with Crippen LogP contribution in [0, 0.1) is 5.92 Å². The summed E-state index contributed by atoms with van der Waals surface area (Å²) in [5, 5.41) is 3.76. The summed E-state index contributed by atoms with van der Waals surface area (Å²) in [6.07, 6.45) is 6.24. The molecule has 0 radical (unpaired) electrons. The molecule has 0 spiro atoms. The topological polar surface area (TPSA) is 28.2 Å². The summed E-state index contributed by atoms with van der Waals surface area (Å²) < 4.78 is 1.06. The highest BCUT2D eigenvalue weighted by Gasteiger charge is 2.34. The van der Waals surface area contributed by atoms with Crippen LogP contribution in [0.2, 0.25) is 0 Å². The zero-order valence-electron chi connectivity index (χ0n) is 13.7. The number of piperazine rings is 1. The third-order valence-corrected chi connectivity index (χ3v) is 4.94. The zero-order chi connectivity index (χ0) is 15.5. The molecule has 0 aliphatic carbocycles. The maximum absolute atomic E-state index is 4.30. The van der Waals surface area contributed by atoms with Crippen molar-refractivity contribution >= 4 is 15.9 Å². The molecule has 1 aliphatic heterocycles. The minimum Gasteiger partial charge on any atom is -0.309 e. The Bertz CT molecular complexity index is 463. The monoisotopic (exact) mass is 353 g/mol. The maximum Gasteiger partial charge on any atom is 0.0410 e. The summed E-state index contributed by atoms with van der Waals surface area (Å²) in [6, 6.07) is 2.80. The lowest BCUT2D eigenvalue weighted by Crippen LogP contribution is -2.62. The SMILES string of the molecule is CCC1(C)CN(Cc2cncc(Br)c2)C(CC(C)C)CN1. The molecule has 2 rings (SSSR count). The Balaban J connectivity index is 2.12. The summed E-state index contributed by atoms with van der Waals surface area (Å²) in [4.78, 5) is 6.95. The molecule has 4 heteroatoms. The van der Waals surface area contributed by atoms with Crippen LogP contribution in [-0.4, -0.2) is 34.6 Å². The number of hydrogen-bond donors (Lipinski definition) is 1. The van der Waals surface area contributed by atoms with Crippen molar-refractivity contribution in [3.63, 3.8) is 0 Å². The molecule has 0 aromatic carbocycles. The predicted molar refractivity (Wildman–Crippen MR) is 92.3 cm³/mol. The molecular formula is C17H28BrN3. The molecule has 0 bridgehead atoms. The highest BCUT2D eigenvalue weighted by atomic mass is 79.9. The fourth-order valence-electron chi connectivity index (χ4n) is 3.10. The molecular weight excluding hydrogens is 326 g/mol. The first kappa shape index (κ1) is 16.9. The van der Waals surface area contributed by atoms with Gasteiger partial charge in [0.15, 0.2) is 0 Å².